The number of nitrogen functional groups attached to an aromatic ring is 1. The van der Waals surface area contributed by atoms with Gasteiger partial charge in [0.25, 0.3) is 15.6 Å². The molecule has 1 heterocycles. The first kappa shape index (κ1) is 13.4. The van der Waals surface area contributed by atoms with Crippen molar-refractivity contribution in [2.75, 3.05) is 10.5 Å². The van der Waals surface area contributed by atoms with Crippen molar-refractivity contribution in [3.8, 4) is 0 Å². The third-order valence-corrected chi connectivity index (χ3v) is 3.83. The Bertz CT molecular complexity index is 752. The van der Waals surface area contributed by atoms with E-state index in [0.717, 1.165) is 6.07 Å². The van der Waals surface area contributed by atoms with Gasteiger partial charge < -0.3 is 5.73 Å². The number of H-pyrrole nitrogens is 1. The van der Waals surface area contributed by atoms with Crippen LogP contribution < -0.4 is 16.0 Å². The summed E-state index contributed by atoms with van der Waals surface area (Å²) in [7, 11) is -3.92. The minimum atomic E-state index is -3.92. The monoisotopic (exact) mass is 300 g/mol. The van der Waals surface area contributed by atoms with Gasteiger partial charge in [0.15, 0.2) is 5.82 Å². The summed E-state index contributed by atoms with van der Waals surface area (Å²) < 4.78 is 26.3. The molecule has 1 aromatic heterocycles. The highest BCUT2D eigenvalue weighted by Crippen LogP contribution is 2.24. The molecule has 19 heavy (non-hydrogen) atoms. The Morgan fingerprint density at radius 3 is 2.63 bits per heavy atom. The predicted molar refractivity (Wildman–Crippen MR) is 71.5 cm³/mol. The van der Waals surface area contributed by atoms with Crippen LogP contribution in [0.5, 0.6) is 0 Å². The first-order valence-electron chi connectivity index (χ1n) is 5.02. The van der Waals surface area contributed by atoms with Crippen LogP contribution in [-0.2, 0) is 10.0 Å². The van der Waals surface area contributed by atoms with Crippen molar-refractivity contribution in [2.45, 2.75) is 4.90 Å². The van der Waals surface area contributed by atoms with Gasteiger partial charge in [-0.15, -0.1) is 0 Å². The molecule has 0 aliphatic carbocycles. The molecule has 2 aromatic rings. The number of aromatic nitrogens is 2. The number of halogens is 1. The Hall–Kier alpha value is -2.06. The van der Waals surface area contributed by atoms with Crippen LogP contribution in [-0.4, -0.2) is 18.6 Å². The number of nitrogens with zero attached hydrogens (tertiary/aromatic N) is 1. The maximum absolute atomic E-state index is 12.1. The highest BCUT2D eigenvalue weighted by Gasteiger charge is 2.18. The SMILES string of the molecule is Nc1ccc(Cl)cc1S(=O)(=O)Nc1ccc(=O)[nH]n1. The summed E-state index contributed by atoms with van der Waals surface area (Å²) in [6.45, 7) is 0. The Labute approximate surface area is 113 Å². The molecule has 0 aliphatic heterocycles. The number of hydrogen-bond acceptors (Lipinski definition) is 5. The summed E-state index contributed by atoms with van der Waals surface area (Å²) in [6, 6.07) is 6.47. The standard InChI is InChI=1S/C10H9ClN4O3S/c11-6-1-2-7(12)8(5-6)19(17,18)15-9-3-4-10(16)14-13-9/h1-5H,12H2,(H,13,15)(H,14,16). The van der Waals surface area contributed by atoms with E-state index in [1.807, 2.05) is 0 Å². The van der Waals surface area contributed by atoms with Crippen molar-refractivity contribution < 1.29 is 8.42 Å². The molecule has 2 rings (SSSR count). The normalized spacial score (nSPS) is 11.2. The van der Waals surface area contributed by atoms with Gasteiger partial charge in [-0.1, -0.05) is 11.6 Å². The summed E-state index contributed by atoms with van der Waals surface area (Å²) >= 11 is 5.74. The van der Waals surface area contributed by atoms with Crippen LogP contribution in [0.1, 0.15) is 0 Å². The van der Waals surface area contributed by atoms with Crippen molar-refractivity contribution in [1.29, 1.82) is 0 Å². The van der Waals surface area contributed by atoms with Crippen LogP contribution in [0, 0.1) is 0 Å². The van der Waals surface area contributed by atoms with Gasteiger partial charge in [-0.2, -0.15) is 5.10 Å². The predicted octanol–water partition coefficient (Wildman–Crippen LogP) is 0.806. The van der Waals surface area contributed by atoms with E-state index >= 15 is 0 Å². The second kappa shape index (κ2) is 4.90. The minimum absolute atomic E-state index is 0.0287. The number of rotatable bonds is 3. The summed E-state index contributed by atoms with van der Waals surface area (Å²) in [4.78, 5) is 10.7. The Morgan fingerprint density at radius 1 is 1.26 bits per heavy atom. The molecule has 0 aliphatic rings. The molecule has 7 nitrogen and oxygen atoms in total. The van der Waals surface area contributed by atoms with E-state index in [1.165, 1.54) is 24.3 Å². The fourth-order valence-electron chi connectivity index (χ4n) is 1.33. The van der Waals surface area contributed by atoms with Gasteiger partial charge in [-0.05, 0) is 24.3 Å². The third-order valence-electron chi connectivity index (χ3n) is 2.18. The summed E-state index contributed by atoms with van der Waals surface area (Å²) in [5.74, 6) is -0.0287. The molecule has 4 N–H and O–H groups in total. The summed E-state index contributed by atoms with van der Waals surface area (Å²) in [5.41, 5.74) is 5.21. The number of anilines is 2. The van der Waals surface area contributed by atoms with Crippen LogP contribution in [0.2, 0.25) is 5.02 Å². The number of hydrogen-bond donors (Lipinski definition) is 3. The smallest absolute Gasteiger partial charge is 0.265 e. The van der Waals surface area contributed by atoms with Crippen LogP contribution in [0.3, 0.4) is 0 Å². The van der Waals surface area contributed by atoms with Gasteiger partial charge in [0, 0.05) is 11.1 Å². The van der Waals surface area contributed by atoms with E-state index in [0.29, 0.717) is 0 Å². The first-order valence-corrected chi connectivity index (χ1v) is 6.88. The second-order valence-electron chi connectivity index (χ2n) is 3.59. The van der Waals surface area contributed by atoms with E-state index in [1.54, 1.807) is 0 Å². The highest BCUT2D eigenvalue weighted by molar-refractivity contribution is 7.92. The molecule has 0 bridgehead atoms. The largest absolute Gasteiger partial charge is 0.398 e. The lowest BCUT2D eigenvalue weighted by Crippen LogP contribution is -2.17. The number of benzene rings is 1. The van der Waals surface area contributed by atoms with E-state index in [-0.39, 0.29) is 21.4 Å². The van der Waals surface area contributed by atoms with Crippen molar-refractivity contribution in [3.05, 3.63) is 45.7 Å². The summed E-state index contributed by atoms with van der Waals surface area (Å²) in [5, 5.41) is 5.89. The van der Waals surface area contributed by atoms with E-state index in [9.17, 15) is 13.2 Å². The Morgan fingerprint density at radius 2 is 2.00 bits per heavy atom. The zero-order chi connectivity index (χ0) is 14.0. The van der Waals surface area contributed by atoms with E-state index < -0.39 is 15.6 Å². The Balaban J connectivity index is 2.40. The zero-order valence-electron chi connectivity index (χ0n) is 9.42. The number of sulfonamides is 1. The fraction of sp³-hybridized carbons (Fsp3) is 0. The molecule has 0 radical (unpaired) electrons. The second-order valence-corrected chi connectivity index (χ2v) is 5.68. The molecule has 0 atom stereocenters. The minimum Gasteiger partial charge on any atom is -0.398 e. The number of nitrogens with one attached hydrogen (secondary N) is 2. The average molecular weight is 301 g/mol. The molecule has 9 heteroatoms. The topological polar surface area (TPSA) is 118 Å². The Kier molecular flexibility index (Phi) is 3.45. The fourth-order valence-corrected chi connectivity index (χ4v) is 2.73. The highest BCUT2D eigenvalue weighted by atomic mass is 35.5. The van der Waals surface area contributed by atoms with Crippen molar-refractivity contribution >= 4 is 33.1 Å². The quantitative estimate of drug-likeness (QED) is 0.725. The van der Waals surface area contributed by atoms with Gasteiger partial charge in [0.05, 0.1) is 5.69 Å². The van der Waals surface area contributed by atoms with Crippen molar-refractivity contribution in [2.24, 2.45) is 0 Å². The lowest BCUT2D eigenvalue weighted by Gasteiger charge is -2.09. The molecular formula is C10H9ClN4O3S. The molecule has 0 amide bonds. The van der Waals surface area contributed by atoms with Gasteiger partial charge in [-0.3, -0.25) is 9.52 Å². The zero-order valence-corrected chi connectivity index (χ0v) is 11.0. The van der Waals surface area contributed by atoms with E-state index in [2.05, 4.69) is 14.9 Å². The average Bonchev–Trinajstić information content (AvgIpc) is 2.35. The van der Waals surface area contributed by atoms with Gasteiger partial charge in [0.1, 0.15) is 4.90 Å². The number of aromatic amines is 1. The molecule has 0 fully saturated rings. The lowest BCUT2D eigenvalue weighted by atomic mass is 10.3. The molecule has 0 spiro atoms. The van der Waals surface area contributed by atoms with Crippen LogP contribution >= 0.6 is 11.6 Å². The van der Waals surface area contributed by atoms with Crippen LogP contribution in [0.4, 0.5) is 11.5 Å². The van der Waals surface area contributed by atoms with Crippen molar-refractivity contribution in [3.63, 3.8) is 0 Å². The molecule has 0 saturated carbocycles. The maximum atomic E-state index is 12.1. The first-order chi connectivity index (χ1) is 8.88. The number of nitrogens with two attached hydrogens (primary N) is 1. The third kappa shape index (κ3) is 3.04. The maximum Gasteiger partial charge on any atom is 0.265 e. The van der Waals surface area contributed by atoms with Gasteiger partial charge in [-0.25, -0.2) is 13.5 Å². The van der Waals surface area contributed by atoms with Crippen LogP contribution in [0.25, 0.3) is 0 Å². The van der Waals surface area contributed by atoms with Gasteiger partial charge >= 0.3 is 0 Å². The molecule has 0 unspecified atom stereocenters. The van der Waals surface area contributed by atoms with Gasteiger partial charge in [0.2, 0.25) is 0 Å². The molecular weight excluding hydrogens is 292 g/mol. The van der Waals surface area contributed by atoms with Crippen molar-refractivity contribution in [1.82, 2.24) is 10.2 Å². The molecule has 100 valence electrons. The molecule has 0 saturated heterocycles. The summed E-state index contributed by atoms with van der Waals surface area (Å²) in [6.07, 6.45) is 0. The van der Waals surface area contributed by atoms with Crippen LogP contribution in [0.15, 0.2) is 40.0 Å². The van der Waals surface area contributed by atoms with E-state index in [4.69, 9.17) is 17.3 Å². The molecule has 1 aromatic carbocycles. The lowest BCUT2D eigenvalue weighted by molar-refractivity contribution is 0.601.